The molecule has 3 nitrogen and oxygen atoms in total. The van der Waals surface area contributed by atoms with E-state index in [1.165, 1.54) is 16.7 Å². The molecule has 0 saturated carbocycles. The van der Waals surface area contributed by atoms with Crippen LogP contribution < -0.4 is 5.73 Å². The van der Waals surface area contributed by atoms with Crippen LogP contribution in [-0.4, -0.2) is 24.4 Å². The molecule has 1 aliphatic heterocycles. The topological polar surface area (TPSA) is 47.6 Å². The molecule has 1 aliphatic rings. The van der Waals surface area contributed by atoms with Crippen molar-refractivity contribution in [1.82, 2.24) is 0 Å². The Balaban J connectivity index is 1.51. The van der Waals surface area contributed by atoms with Crippen molar-refractivity contribution in [3.63, 3.8) is 0 Å². The van der Waals surface area contributed by atoms with Gasteiger partial charge in [-0.3, -0.25) is 4.99 Å². The molecule has 120 valence electrons. The number of nitrogens with two attached hydrogens (primary N) is 1. The molecule has 0 spiro atoms. The highest BCUT2D eigenvalue weighted by atomic mass is 32.2. The van der Waals surface area contributed by atoms with Crippen LogP contribution in [0.3, 0.4) is 0 Å². The quantitative estimate of drug-likeness (QED) is 0.665. The second-order valence-electron chi connectivity index (χ2n) is 5.67. The van der Waals surface area contributed by atoms with Crippen LogP contribution in [0.1, 0.15) is 18.4 Å². The molecule has 0 amide bonds. The van der Waals surface area contributed by atoms with Crippen molar-refractivity contribution in [2.75, 3.05) is 13.2 Å². The fourth-order valence-electron chi connectivity index (χ4n) is 2.61. The minimum absolute atomic E-state index is 0.263. The van der Waals surface area contributed by atoms with E-state index in [-0.39, 0.29) is 6.10 Å². The highest BCUT2D eigenvalue weighted by molar-refractivity contribution is 8.13. The van der Waals surface area contributed by atoms with E-state index >= 15 is 0 Å². The van der Waals surface area contributed by atoms with Crippen LogP contribution in [-0.2, 0) is 10.5 Å². The van der Waals surface area contributed by atoms with Gasteiger partial charge in [-0.2, -0.15) is 0 Å². The Morgan fingerprint density at radius 1 is 1.09 bits per heavy atom. The summed E-state index contributed by atoms with van der Waals surface area (Å²) in [4.78, 5) is 4.42. The van der Waals surface area contributed by atoms with Crippen LogP contribution in [0.2, 0.25) is 0 Å². The summed E-state index contributed by atoms with van der Waals surface area (Å²) in [5.41, 5.74) is 9.71. The van der Waals surface area contributed by atoms with E-state index in [2.05, 4.69) is 53.5 Å². The molecule has 0 bridgehead atoms. The van der Waals surface area contributed by atoms with Gasteiger partial charge in [-0.05, 0) is 29.5 Å². The normalized spacial score (nSPS) is 18.3. The first-order valence-electron chi connectivity index (χ1n) is 8.00. The first kappa shape index (κ1) is 16.1. The number of hydrogen-bond acceptors (Lipinski definition) is 3. The Bertz CT molecular complexity index is 634. The maximum atomic E-state index is 5.98. The predicted molar refractivity (Wildman–Crippen MR) is 98.6 cm³/mol. The van der Waals surface area contributed by atoms with Crippen LogP contribution in [0.25, 0.3) is 11.1 Å². The molecule has 2 aromatic carbocycles. The summed E-state index contributed by atoms with van der Waals surface area (Å²) in [6, 6.07) is 19.0. The lowest BCUT2D eigenvalue weighted by Crippen LogP contribution is -2.14. The molecule has 3 rings (SSSR count). The second-order valence-corrected chi connectivity index (χ2v) is 6.66. The Morgan fingerprint density at radius 2 is 1.83 bits per heavy atom. The molecule has 2 aromatic rings. The number of thioether (sulfide) groups is 1. The van der Waals surface area contributed by atoms with Gasteiger partial charge in [0.2, 0.25) is 0 Å². The van der Waals surface area contributed by atoms with Gasteiger partial charge < -0.3 is 10.5 Å². The van der Waals surface area contributed by atoms with E-state index in [1.54, 1.807) is 11.8 Å². The number of aliphatic imine (C=N–C) groups is 1. The van der Waals surface area contributed by atoms with Crippen LogP contribution in [0.5, 0.6) is 0 Å². The van der Waals surface area contributed by atoms with Gasteiger partial charge in [0.15, 0.2) is 5.17 Å². The summed E-state index contributed by atoms with van der Waals surface area (Å²) in [6.07, 6.45) is 2.50. The number of nitrogens with zero attached hydrogens (tertiary/aromatic N) is 1. The summed E-state index contributed by atoms with van der Waals surface area (Å²) in [5, 5.41) is 0.646. The van der Waals surface area contributed by atoms with Crippen LogP contribution >= 0.6 is 11.8 Å². The van der Waals surface area contributed by atoms with E-state index in [9.17, 15) is 0 Å². The largest absolute Gasteiger partial charge is 0.379 e. The first-order chi connectivity index (χ1) is 11.3. The average Bonchev–Trinajstić information content (AvgIpc) is 3.13. The highest BCUT2D eigenvalue weighted by Gasteiger charge is 2.14. The minimum Gasteiger partial charge on any atom is -0.379 e. The average molecular weight is 326 g/mol. The molecule has 23 heavy (non-hydrogen) atoms. The van der Waals surface area contributed by atoms with Crippen molar-refractivity contribution >= 4 is 16.9 Å². The molecular weight excluding hydrogens is 304 g/mol. The van der Waals surface area contributed by atoms with Gasteiger partial charge in [-0.15, -0.1) is 0 Å². The third kappa shape index (κ3) is 4.85. The zero-order valence-electron chi connectivity index (χ0n) is 13.2. The smallest absolute Gasteiger partial charge is 0.154 e. The Morgan fingerprint density at radius 3 is 2.52 bits per heavy atom. The standard InChI is InChI=1S/C19H22N2OS/c20-19(21-13-18-7-4-12-22-18)23-14-15-8-10-17(11-9-15)16-5-2-1-3-6-16/h1-3,5-6,8-11,18H,4,7,12-14H2,(H2,20,21)/t18-/m1/s1. The minimum atomic E-state index is 0.263. The van der Waals surface area contributed by atoms with E-state index in [0.29, 0.717) is 11.7 Å². The predicted octanol–water partition coefficient (Wildman–Crippen LogP) is 4.08. The van der Waals surface area contributed by atoms with Crippen molar-refractivity contribution in [2.45, 2.75) is 24.7 Å². The van der Waals surface area contributed by atoms with Gasteiger partial charge in [0, 0.05) is 12.4 Å². The molecule has 0 aliphatic carbocycles. The lowest BCUT2D eigenvalue weighted by molar-refractivity contribution is 0.118. The molecule has 1 fully saturated rings. The molecule has 0 radical (unpaired) electrons. The third-order valence-corrected chi connectivity index (χ3v) is 4.83. The van der Waals surface area contributed by atoms with E-state index in [4.69, 9.17) is 10.5 Å². The Labute approximate surface area is 142 Å². The van der Waals surface area contributed by atoms with Crippen molar-refractivity contribution in [3.8, 4) is 11.1 Å². The maximum absolute atomic E-state index is 5.98. The van der Waals surface area contributed by atoms with Gasteiger partial charge in [0.1, 0.15) is 0 Å². The number of hydrogen-bond donors (Lipinski definition) is 1. The van der Waals surface area contributed by atoms with Gasteiger partial charge in [0.25, 0.3) is 0 Å². The van der Waals surface area contributed by atoms with Crippen molar-refractivity contribution in [2.24, 2.45) is 10.7 Å². The number of ether oxygens (including phenoxy) is 1. The third-order valence-electron chi connectivity index (χ3n) is 3.92. The first-order valence-corrected chi connectivity index (χ1v) is 8.98. The number of rotatable bonds is 5. The molecular formula is C19H22N2OS. The van der Waals surface area contributed by atoms with Crippen molar-refractivity contribution < 1.29 is 4.74 Å². The van der Waals surface area contributed by atoms with E-state index in [0.717, 1.165) is 25.2 Å². The van der Waals surface area contributed by atoms with Crippen molar-refractivity contribution in [1.29, 1.82) is 0 Å². The summed E-state index contributed by atoms with van der Waals surface area (Å²) in [5.74, 6) is 0.843. The summed E-state index contributed by atoms with van der Waals surface area (Å²) in [7, 11) is 0. The SMILES string of the molecule is NC(=NC[C@H]1CCCO1)SCc1ccc(-c2ccccc2)cc1. The lowest BCUT2D eigenvalue weighted by atomic mass is 10.0. The van der Waals surface area contributed by atoms with Gasteiger partial charge in [-0.25, -0.2) is 0 Å². The summed E-state index contributed by atoms with van der Waals surface area (Å²) in [6.45, 7) is 1.55. The highest BCUT2D eigenvalue weighted by Crippen LogP contribution is 2.21. The second kappa shape index (κ2) is 8.18. The van der Waals surface area contributed by atoms with Gasteiger partial charge in [0.05, 0.1) is 12.6 Å². The van der Waals surface area contributed by atoms with Gasteiger partial charge in [-0.1, -0.05) is 66.4 Å². The molecule has 2 N–H and O–H groups in total. The molecule has 0 unspecified atom stereocenters. The Hall–Kier alpha value is -1.78. The molecule has 0 aromatic heterocycles. The summed E-state index contributed by atoms with van der Waals surface area (Å²) >= 11 is 1.59. The molecule has 1 atom stereocenters. The van der Waals surface area contributed by atoms with Crippen molar-refractivity contribution in [3.05, 3.63) is 60.2 Å². The summed E-state index contributed by atoms with van der Waals surface area (Å²) < 4.78 is 5.55. The number of amidine groups is 1. The van der Waals surface area contributed by atoms with Crippen LogP contribution in [0, 0.1) is 0 Å². The monoisotopic (exact) mass is 326 g/mol. The fraction of sp³-hybridized carbons (Fsp3) is 0.316. The molecule has 4 heteroatoms. The van der Waals surface area contributed by atoms with Crippen LogP contribution in [0.15, 0.2) is 59.6 Å². The lowest BCUT2D eigenvalue weighted by Gasteiger charge is -2.07. The van der Waals surface area contributed by atoms with Crippen LogP contribution in [0.4, 0.5) is 0 Å². The molecule has 1 heterocycles. The number of benzene rings is 2. The molecule has 1 saturated heterocycles. The van der Waals surface area contributed by atoms with E-state index < -0.39 is 0 Å². The maximum Gasteiger partial charge on any atom is 0.154 e. The van der Waals surface area contributed by atoms with E-state index in [1.807, 2.05) is 6.07 Å². The zero-order chi connectivity index (χ0) is 15.9. The van der Waals surface area contributed by atoms with Gasteiger partial charge >= 0.3 is 0 Å². The zero-order valence-corrected chi connectivity index (χ0v) is 14.0. The fourth-order valence-corrected chi connectivity index (χ4v) is 3.28. The Kier molecular flexibility index (Phi) is 5.72.